The van der Waals surface area contributed by atoms with E-state index in [-0.39, 0.29) is 31.0 Å². The van der Waals surface area contributed by atoms with Crippen LogP contribution < -0.4 is 29.6 Å². The Morgan fingerprint density at radius 1 is 0.938 bits per heavy atom. The molecule has 0 saturated carbocycles. The number of aliphatic hydroxyl groups is 1. The van der Waals surface area contributed by atoms with E-state index in [1.165, 1.54) is 12.1 Å². The quantitative estimate of drug-likeness (QED) is 0.469. The van der Waals surface area contributed by atoms with Crippen molar-refractivity contribution in [3.8, 4) is 11.1 Å². The molecule has 0 atom stereocenters. The first-order valence-corrected chi connectivity index (χ1v) is 9.79. The average molecular weight is 446 g/mol. The summed E-state index contributed by atoms with van der Waals surface area (Å²) < 4.78 is 38.1. The van der Waals surface area contributed by atoms with Crippen LogP contribution in [-0.2, 0) is 11.8 Å². The molecule has 32 heavy (non-hydrogen) atoms. The van der Waals surface area contributed by atoms with Crippen molar-refractivity contribution in [1.82, 2.24) is 9.97 Å². The van der Waals surface area contributed by atoms with Crippen LogP contribution in [0.2, 0.25) is 0 Å². The molecule has 7 heteroatoms. The van der Waals surface area contributed by atoms with Crippen molar-refractivity contribution in [1.29, 1.82) is 0 Å². The van der Waals surface area contributed by atoms with Gasteiger partial charge in [-0.2, -0.15) is 13.2 Å². The van der Waals surface area contributed by atoms with Crippen molar-refractivity contribution >= 4 is 23.2 Å². The third-order valence-electron chi connectivity index (χ3n) is 5.07. The van der Waals surface area contributed by atoms with Crippen LogP contribution >= 0.6 is 0 Å². The molecule has 1 heterocycles. The van der Waals surface area contributed by atoms with Gasteiger partial charge in [0.15, 0.2) is 0 Å². The Balaban J connectivity index is 0.00000193. The van der Waals surface area contributed by atoms with E-state index in [4.69, 9.17) is 0 Å². The maximum atomic E-state index is 12.7. The van der Waals surface area contributed by atoms with Crippen LogP contribution in [0.15, 0.2) is 66.7 Å². The first-order chi connectivity index (χ1) is 14.6. The van der Waals surface area contributed by atoms with E-state index < -0.39 is 17.3 Å². The summed E-state index contributed by atoms with van der Waals surface area (Å²) in [5, 5.41) is 10.5. The number of fused-ring (bicyclic) bond motifs is 1. The molecule has 0 bridgehead atoms. The Hall–Kier alpha value is -2.38. The third-order valence-corrected chi connectivity index (χ3v) is 5.07. The van der Waals surface area contributed by atoms with Crippen LogP contribution in [0, 0.1) is 0 Å². The second kappa shape index (κ2) is 9.24. The summed E-state index contributed by atoms with van der Waals surface area (Å²) in [6, 6.07) is 18.5. The van der Waals surface area contributed by atoms with E-state index in [1.54, 1.807) is 26.0 Å². The van der Waals surface area contributed by atoms with Crippen LogP contribution in [0.5, 0.6) is 0 Å². The van der Waals surface area contributed by atoms with Crippen molar-refractivity contribution in [2.24, 2.45) is 0 Å². The number of imidazole rings is 1. The van der Waals surface area contributed by atoms with E-state index in [9.17, 15) is 18.3 Å². The van der Waals surface area contributed by atoms with E-state index in [0.29, 0.717) is 11.4 Å². The molecule has 4 aromatic rings. The van der Waals surface area contributed by atoms with E-state index in [0.717, 1.165) is 39.9 Å². The Morgan fingerprint density at radius 2 is 1.62 bits per heavy atom. The summed E-state index contributed by atoms with van der Waals surface area (Å²) in [5.74, 6) is 0.600. The van der Waals surface area contributed by atoms with Crippen molar-refractivity contribution in [2.75, 3.05) is 0 Å². The van der Waals surface area contributed by atoms with Crippen molar-refractivity contribution < 1.29 is 49.3 Å². The number of halogens is 3. The molecule has 4 rings (SSSR count). The van der Waals surface area contributed by atoms with Crippen molar-refractivity contribution in [3.63, 3.8) is 0 Å². The Labute approximate surface area is 207 Å². The number of nitrogens with zero attached hydrogens (tertiary/aromatic N) is 1. The minimum Gasteiger partial charge on any atom is -1.00 e. The Bertz CT molecular complexity index is 1260. The topological polar surface area (TPSA) is 48.9 Å². The fraction of sp³-hybridized carbons (Fsp3) is 0.160. The van der Waals surface area contributed by atoms with Gasteiger partial charge in [0.05, 0.1) is 22.2 Å². The summed E-state index contributed by atoms with van der Waals surface area (Å²) in [5.41, 5.74) is 3.32. The van der Waals surface area contributed by atoms with Gasteiger partial charge in [-0.3, -0.25) is 0 Å². The van der Waals surface area contributed by atoms with Crippen LogP contribution in [-0.4, -0.2) is 15.1 Å². The van der Waals surface area contributed by atoms with Gasteiger partial charge in [-0.15, -0.1) is 0 Å². The summed E-state index contributed by atoms with van der Waals surface area (Å²) in [6.07, 6.45) is -0.905. The number of alkyl halides is 3. The zero-order chi connectivity index (χ0) is 22.2. The van der Waals surface area contributed by atoms with Gasteiger partial charge < -0.3 is 11.5 Å². The molecule has 0 aliphatic carbocycles. The molecule has 3 aromatic carbocycles. The molecule has 1 aromatic heterocycles. The number of hydrogen-bond acceptors (Lipinski definition) is 2. The minimum atomic E-state index is -4.34. The van der Waals surface area contributed by atoms with Gasteiger partial charge in [-0.05, 0) is 66.4 Å². The van der Waals surface area contributed by atoms with Gasteiger partial charge in [0.2, 0.25) is 0 Å². The molecule has 3 nitrogen and oxygen atoms in total. The largest absolute Gasteiger partial charge is 1.00 e. The smallest absolute Gasteiger partial charge is 1.00 e. The van der Waals surface area contributed by atoms with Gasteiger partial charge in [0.1, 0.15) is 5.82 Å². The number of aromatic nitrogens is 2. The number of benzene rings is 3. The molecule has 0 aliphatic rings. The van der Waals surface area contributed by atoms with Gasteiger partial charge in [0, 0.05) is 0 Å². The van der Waals surface area contributed by atoms with Crippen LogP contribution in [0.4, 0.5) is 13.2 Å². The van der Waals surface area contributed by atoms with E-state index >= 15 is 0 Å². The predicted molar refractivity (Wildman–Crippen MR) is 118 cm³/mol. The molecular formula is C25H22F3N2NaO. The monoisotopic (exact) mass is 446 g/mol. The summed E-state index contributed by atoms with van der Waals surface area (Å²) in [6.45, 7) is 3.51. The summed E-state index contributed by atoms with van der Waals surface area (Å²) >= 11 is 0. The standard InChI is InChI=1S/C25H21F3N2O.Na.H/c1-24(2,31)20-6-4-3-5-19(20)17-10-13-21-22(15-17)30-23(29-21)14-9-16-7-11-18(12-8-16)25(26,27)28;;/h3-15,31H,1-2H3,(H,29,30);;/q;+1;-1/b14-9+;;. The average Bonchev–Trinajstić information content (AvgIpc) is 3.13. The van der Waals surface area contributed by atoms with Gasteiger partial charge in [0.25, 0.3) is 0 Å². The normalized spacial score (nSPS) is 12.3. The number of rotatable bonds is 4. The molecule has 0 saturated heterocycles. The number of H-pyrrole nitrogens is 1. The van der Waals surface area contributed by atoms with E-state index in [1.807, 2.05) is 42.5 Å². The predicted octanol–water partition coefficient (Wildman–Crippen LogP) is 3.76. The molecule has 0 fully saturated rings. The third kappa shape index (κ3) is 5.33. The van der Waals surface area contributed by atoms with Gasteiger partial charge in [-0.1, -0.05) is 48.5 Å². The zero-order valence-electron chi connectivity index (χ0n) is 19.0. The summed E-state index contributed by atoms with van der Waals surface area (Å²) in [4.78, 5) is 7.75. The molecule has 0 radical (unpaired) electrons. The van der Waals surface area contributed by atoms with Crippen LogP contribution in [0.1, 0.15) is 37.8 Å². The Morgan fingerprint density at radius 3 is 2.28 bits per heavy atom. The molecule has 0 amide bonds. The first kappa shape index (κ1) is 24.3. The zero-order valence-corrected chi connectivity index (χ0v) is 20.0. The van der Waals surface area contributed by atoms with E-state index in [2.05, 4.69) is 9.97 Å². The molecule has 160 valence electrons. The number of nitrogens with one attached hydrogen (secondary N) is 1. The molecular weight excluding hydrogens is 424 g/mol. The molecule has 0 spiro atoms. The van der Waals surface area contributed by atoms with Crippen molar-refractivity contribution in [3.05, 3.63) is 89.2 Å². The summed E-state index contributed by atoms with van der Waals surface area (Å²) in [7, 11) is 0. The maximum absolute atomic E-state index is 12.7. The van der Waals surface area contributed by atoms with Gasteiger partial charge >= 0.3 is 35.7 Å². The second-order valence-electron chi connectivity index (χ2n) is 7.91. The molecule has 0 unspecified atom stereocenters. The van der Waals surface area contributed by atoms with Gasteiger partial charge in [-0.25, -0.2) is 4.98 Å². The minimum absolute atomic E-state index is 0. The maximum Gasteiger partial charge on any atom is 1.00 e. The SMILES string of the molecule is CC(C)(O)c1ccccc1-c1ccc2nc(/C=C/c3ccc(C(F)(F)F)cc3)[nH]c2c1.[H-].[Na+]. The fourth-order valence-electron chi connectivity index (χ4n) is 3.50. The number of hydrogen-bond donors (Lipinski definition) is 2. The fourth-order valence-corrected chi connectivity index (χ4v) is 3.50. The van der Waals surface area contributed by atoms with Crippen LogP contribution in [0.3, 0.4) is 0 Å². The molecule has 0 aliphatic heterocycles. The first-order valence-electron chi connectivity index (χ1n) is 9.79. The second-order valence-corrected chi connectivity index (χ2v) is 7.91. The Kier molecular flexibility index (Phi) is 7.00. The van der Waals surface area contributed by atoms with Crippen molar-refractivity contribution in [2.45, 2.75) is 25.6 Å². The van der Waals surface area contributed by atoms with Crippen LogP contribution in [0.25, 0.3) is 34.3 Å². The number of aromatic amines is 1. The molecule has 2 N–H and O–H groups in total.